The van der Waals surface area contributed by atoms with Crippen molar-refractivity contribution in [2.24, 2.45) is 0 Å². The average Bonchev–Trinajstić information content (AvgIpc) is 2.32. The Kier molecular flexibility index (Phi) is 4.43. The summed E-state index contributed by atoms with van der Waals surface area (Å²) in [5.41, 5.74) is 8.21. The van der Waals surface area contributed by atoms with E-state index in [1.165, 1.54) is 6.07 Å². The lowest BCUT2D eigenvalue weighted by atomic mass is 10.2. The molecule has 0 unspecified atom stereocenters. The summed E-state index contributed by atoms with van der Waals surface area (Å²) in [7, 11) is 0. The van der Waals surface area contributed by atoms with Crippen molar-refractivity contribution in [2.75, 3.05) is 11.1 Å². The topological polar surface area (TPSA) is 38.0 Å². The summed E-state index contributed by atoms with van der Waals surface area (Å²) >= 11 is 14.0. The Balaban J connectivity index is 2.42. The summed E-state index contributed by atoms with van der Waals surface area (Å²) in [6.45, 7) is 1.86. The van der Waals surface area contributed by atoms with E-state index in [1.807, 2.05) is 29.5 Å². The highest BCUT2D eigenvalue weighted by Gasteiger charge is 2.09. The van der Waals surface area contributed by atoms with Crippen LogP contribution in [0, 0.1) is 16.3 Å². The largest absolute Gasteiger partial charge is 0.397 e. The Morgan fingerprint density at radius 3 is 2.47 bits per heavy atom. The van der Waals surface area contributed by atoms with Crippen LogP contribution >= 0.6 is 45.8 Å². The first-order valence-electron chi connectivity index (χ1n) is 5.35. The SMILES string of the molecule is Cc1cc(Cl)c(Nc2cc(F)c(I)cc2N)cc1Cl. The Labute approximate surface area is 134 Å². The molecule has 0 amide bonds. The van der Waals surface area contributed by atoms with Crippen molar-refractivity contribution < 1.29 is 4.39 Å². The first-order chi connectivity index (χ1) is 8.88. The number of benzene rings is 2. The quantitative estimate of drug-likeness (QED) is 0.515. The van der Waals surface area contributed by atoms with Crippen LogP contribution in [-0.4, -0.2) is 0 Å². The minimum Gasteiger partial charge on any atom is -0.397 e. The van der Waals surface area contributed by atoms with Gasteiger partial charge in [-0.15, -0.1) is 0 Å². The molecule has 6 heteroatoms. The lowest BCUT2D eigenvalue weighted by molar-refractivity contribution is 0.621. The maximum Gasteiger partial charge on any atom is 0.138 e. The second-order valence-electron chi connectivity index (χ2n) is 4.06. The van der Waals surface area contributed by atoms with E-state index in [0.717, 1.165) is 5.56 Å². The van der Waals surface area contributed by atoms with Gasteiger partial charge in [0.15, 0.2) is 0 Å². The molecule has 0 fully saturated rings. The van der Waals surface area contributed by atoms with Gasteiger partial charge in [0.2, 0.25) is 0 Å². The molecule has 0 atom stereocenters. The van der Waals surface area contributed by atoms with Gasteiger partial charge in [0, 0.05) is 11.1 Å². The summed E-state index contributed by atoms with van der Waals surface area (Å²) in [6.07, 6.45) is 0. The van der Waals surface area contributed by atoms with Crippen LogP contribution in [0.5, 0.6) is 0 Å². The Morgan fingerprint density at radius 1 is 1.11 bits per heavy atom. The van der Waals surface area contributed by atoms with Crippen LogP contribution in [0.1, 0.15) is 5.56 Å². The van der Waals surface area contributed by atoms with Gasteiger partial charge in [-0.25, -0.2) is 4.39 Å². The van der Waals surface area contributed by atoms with Gasteiger partial charge in [-0.2, -0.15) is 0 Å². The number of anilines is 3. The fraction of sp³-hybridized carbons (Fsp3) is 0.0769. The Morgan fingerprint density at radius 2 is 1.79 bits per heavy atom. The Hall–Kier alpha value is -0.720. The van der Waals surface area contributed by atoms with Crippen LogP contribution in [0.4, 0.5) is 21.5 Å². The predicted molar refractivity (Wildman–Crippen MR) is 88.0 cm³/mol. The maximum absolute atomic E-state index is 13.5. The molecule has 0 heterocycles. The van der Waals surface area contributed by atoms with E-state index in [0.29, 0.717) is 30.7 Å². The molecular weight excluding hydrogens is 401 g/mol. The van der Waals surface area contributed by atoms with Crippen LogP contribution in [0.25, 0.3) is 0 Å². The van der Waals surface area contributed by atoms with E-state index < -0.39 is 0 Å². The molecule has 2 nitrogen and oxygen atoms in total. The first-order valence-corrected chi connectivity index (χ1v) is 7.19. The fourth-order valence-corrected chi connectivity index (χ4v) is 2.48. The maximum atomic E-state index is 13.5. The van der Waals surface area contributed by atoms with Crippen molar-refractivity contribution in [1.82, 2.24) is 0 Å². The lowest BCUT2D eigenvalue weighted by Gasteiger charge is -2.13. The summed E-state index contributed by atoms with van der Waals surface area (Å²) in [5.74, 6) is -0.341. The van der Waals surface area contributed by atoms with Crippen molar-refractivity contribution in [3.63, 3.8) is 0 Å². The third-order valence-corrected chi connectivity index (χ3v) is 4.16. The molecule has 19 heavy (non-hydrogen) atoms. The second kappa shape index (κ2) is 5.73. The molecule has 2 rings (SSSR count). The first kappa shape index (κ1) is 14.7. The highest BCUT2D eigenvalue weighted by Crippen LogP contribution is 2.33. The van der Waals surface area contributed by atoms with Gasteiger partial charge in [0.05, 0.1) is 25.7 Å². The predicted octanol–water partition coefficient (Wildman–Crippen LogP) is 5.37. The molecule has 0 aliphatic heterocycles. The zero-order valence-corrected chi connectivity index (χ0v) is 13.6. The normalized spacial score (nSPS) is 10.6. The van der Waals surface area contributed by atoms with Crippen molar-refractivity contribution >= 4 is 62.9 Å². The Bertz CT molecular complexity index is 592. The van der Waals surface area contributed by atoms with E-state index in [4.69, 9.17) is 28.9 Å². The van der Waals surface area contributed by atoms with E-state index in [1.54, 1.807) is 18.2 Å². The molecular formula is C13H10Cl2FIN2. The van der Waals surface area contributed by atoms with Crippen LogP contribution in [0.2, 0.25) is 10.0 Å². The van der Waals surface area contributed by atoms with Crippen LogP contribution in [-0.2, 0) is 0 Å². The molecule has 0 radical (unpaired) electrons. The smallest absolute Gasteiger partial charge is 0.138 e. The van der Waals surface area contributed by atoms with Crippen molar-refractivity contribution in [3.8, 4) is 0 Å². The highest BCUT2D eigenvalue weighted by atomic mass is 127. The number of nitrogens with two attached hydrogens (primary N) is 1. The number of aryl methyl sites for hydroxylation is 1. The van der Waals surface area contributed by atoms with E-state index >= 15 is 0 Å². The minimum atomic E-state index is -0.341. The number of hydrogen-bond donors (Lipinski definition) is 2. The lowest BCUT2D eigenvalue weighted by Crippen LogP contribution is -1.99. The van der Waals surface area contributed by atoms with Gasteiger partial charge < -0.3 is 11.1 Å². The molecule has 0 aromatic heterocycles. The molecule has 0 aliphatic carbocycles. The van der Waals surface area contributed by atoms with Crippen LogP contribution < -0.4 is 11.1 Å². The molecule has 0 aliphatic rings. The summed E-state index contributed by atoms with van der Waals surface area (Å²) < 4.78 is 14.0. The standard InChI is InChI=1S/C13H10Cl2FIN2/c1-6-2-8(15)12(3-7(6)14)19-13-4-9(16)10(17)5-11(13)18/h2-5,19H,18H2,1H3. The molecule has 0 saturated carbocycles. The van der Waals surface area contributed by atoms with Crippen LogP contribution in [0.15, 0.2) is 24.3 Å². The van der Waals surface area contributed by atoms with Gasteiger partial charge >= 0.3 is 0 Å². The van der Waals surface area contributed by atoms with E-state index in [9.17, 15) is 4.39 Å². The molecule has 3 N–H and O–H groups in total. The monoisotopic (exact) mass is 410 g/mol. The molecule has 2 aromatic rings. The van der Waals surface area contributed by atoms with Crippen LogP contribution in [0.3, 0.4) is 0 Å². The van der Waals surface area contributed by atoms with Crippen molar-refractivity contribution in [2.45, 2.75) is 6.92 Å². The van der Waals surface area contributed by atoms with E-state index in [2.05, 4.69) is 5.32 Å². The zero-order chi connectivity index (χ0) is 14.2. The second-order valence-corrected chi connectivity index (χ2v) is 6.04. The van der Waals surface area contributed by atoms with Gasteiger partial charge in [-0.3, -0.25) is 0 Å². The highest BCUT2D eigenvalue weighted by molar-refractivity contribution is 14.1. The number of nitrogen functional groups attached to an aromatic ring is 1. The molecule has 0 saturated heterocycles. The van der Waals surface area contributed by atoms with Crippen molar-refractivity contribution in [3.05, 3.63) is 49.3 Å². The number of halogens is 4. The molecule has 0 spiro atoms. The molecule has 0 bridgehead atoms. The van der Waals surface area contributed by atoms with Gasteiger partial charge in [0.25, 0.3) is 0 Å². The number of rotatable bonds is 2. The van der Waals surface area contributed by atoms with Gasteiger partial charge in [-0.1, -0.05) is 23.2 Å². The molecule has 100 valence electrons. The minimum absolute atomic E-state index is 0.341. The van der Waals surface area contributed by atoms with E-state index in [-0.39, 0.29) is 5.82 Å². The third-order valence-electron chi connectivity index (χ3n) is 2.61. The number of hydrogen-bond acceptors (Lipinski definition) is 2. The summed E-state index contributed by atoms with van der Waals surface area (Å²) in [6, 6.07) is 6.32. The van der Waals surface area contributed by atoms with Crippen molar-refractivity contribution in [1.29, 1.82) is 0 Å². The van der Waals surface area contributed by atoms with Gasteiger partial charge in [-0.05, 0) is 53.3 Å². The van der Waals surface area contributed by atoms with Gasteiger partial charge in [0.1, 0.15) is 5.82 Å². The number of nitrogens with one attached hydrogen (secondary N) is 1. The molecule has 2 aromatic carbocycles. The fourth-order valence-electron chi connectivity index (χ4n) is 1.56. The average molecular weight is 411 g/mol. The zero-order valence-electron chi connectivity index (χ0n) is 9.90. The summed E-state index contributed by atoms with van der Waals surface area (Å²) in [5, 5.41) is 4.07. The third kappa shape index (κ3) is 3.24. The summed E-state index contributed by atoms with van der Waals surface area (Å²) in [4.78, 5) is 0.